The molecule has 0 spiro atoms. The topological polar surface area (TPSA) is 66.8 Å². The van der Waals surface area contributed by atoms with Gasteiger partial charge in [-0.3, -0.25) is 14.5 Å². The molecule has 1 aliphatic rings. The van der Waals surface area contributed by atoms with Crippen molar-refractivity contribution in [1.29, 1.82) is 0 Å². The van der Waals surface area contributed by atoms with Crippen molar-refractivity contribution in [3.05, 3.63) is 88.4 Å². The molecule has 1 N–H and O–H groups in total. The molecule has 0 unspecified atom stereocenters. The number of thiocarbonyl (C=S) groups is 1. The van der Waals surface area contributed by atoms with Crippen LogP contribution in [0.4, 0.5) is 5.69 Å². The zero-order valence-electron chi connectivity index (χ0n) is 20.5. The first-order chi connectivity index (χ1) is 18.0. The summed E-state index contributed by atoms with van der Waals surface area (Å²) in [5, 5.41) is 6.32. The van der Waals surface area contributed by atoms with Crippen LogP contribution in [0.1, 0.15) is 17.4 Å². The van der Waals surface area contributed by atoms with E-state index in [1.165, 1.54) is 4.90 Å². The number of carbonyl (C=O) groups excluding carboxylic acids is 2. The van der Waals surface area contributed by atoms with Gasteiger partial charge >= 0.3 is 0 Å². The average molecular weight is 531 g/mol. The number of hydrogen-bond donors (Lipinski definition) is 1. The first kappa shape index (κ1) is 24.7. The van der Waals surface area contributed by atoms with Crippen LogP contribution in [0, 0.1) is 0 Å². The summed E-state index contributed by atoms with van der Waals surface area (Å²) in [6, 6.07) is 19.1. The van der Waals surface area contributed by atoms with Crippen molar-refractivity contribution >= 4 is 63.1 Å². The van der Waals surface area contributed by atoms with E-state index in [0.717, 1.165) is 27.1 Å². The molecule has 2 aromatic carbocycles. The molecule has 7 nitrogen and oxygen atoms in total. The quantitative estimate of drug-likeness (QED) is 0.256. The number of nitrogens with zero attached hydrogens (tertiary/aromatic N) is 3. The van der Waals surface area contributed by atoms with Gasteiger partial charge in [-0.05, 0) is 67.0 Å². The Morgan fingerprint density at radius 2 is 1.89 bits per heavy atom. The van der Waals surface area contributed by atoms with E-state index < -0.39 is 0 Å². The fourth-order valence-electron chi connectivity index (χ4n) is 4.32. The molecule has 0 radical (unpaired) electrons. The lowest BCUT2D eigenvalue weighted by molar-refractivity contribution is -0.121. The second-order valence-electron chi connectivity index (χ2n) is 8.52. The van der Waals surface area contributed by atoms with Gasteiger partial charge in [0.2, 0.25) is 5.91 Å². The minimum atomic E-state index is -0.206. The molecule has 4 aromatic rings. The molecule has 0 aliphatic carbocycles. The lowest BCUT2D eigenvalue weighted by atomic mass is 10.1. The predicted molar refractivity (Wildman–Crippen MR) is 152 cm³/mol. The molecule has 0 bridgehead atoms. The van der Waals surface area contributed by atoms with Crippen LogP contribution >= 0.6 is 23.6 Å². The molecule has 9 heteroatoms. The summed E-state index contributed by atoms with van der Waals surface area (Å²) in [7, 11) is 1.79. The van der Waals surface area contributed by atoms with E-state index in [1.807, 2.05) is 89.8 Å². The largest absolute Gasteiger partial charge is 0.494 e. The summed E-state index contributed by atoms with van der Waals surface area (Å²) >= 11 is 7.23. The monoisotopic (exact) mass is 530 g/mol. The number of hydrogen-bond acceptors (Lipinski definition) is 5. The number of benzene rings is 2. The summed E-state index contributed by atoms with van der Waals surface area (Å²) in [5.41, 5.74) is 2.90. The normalized spacial score (nSPS) is 14.7. The number of para-hydroxylation sites is 1. The molecule has 0 saturated carbocycles. The third-order valence-corrected chi connectivity index (χ3v) is 7.47. The van der Waals surface area contributed by atoms with Gasteiger partial charge in [0, 0.05) is 34.6 Å². The fraction of sp³-hybridized carbons (Fsp3) is 0.179. The van der Waals surface area contributed by atoms with Crippen molar-refractivity contribution in [3.8, 4) is 5.75 Å². The zero-order chi connectivity index (χ0) is 25.9. The van der Waals surface area contributed by atoms with Crippen molar-refractivity contribution in [2.75, 3.05) is 18.6 Å². The second kappa shape index (κ2) is 10.6. The fourth-order valence-corrected chi connectivity index (χ4v) is 5.25. The van der Waals surface area contributed by atoms with E-state index in [4.69, 9.17) is 17.0 Å². The van der Waals surface area contributed by atoms with E-state index in [0.29, 0.717) is 29.6 Å². The van der Waals surface area contributed by atoms with Gasteiger partial charge in [0.25, 0.3) is 5.91 Å². The molecular weight excluding hydrogens is 504 g/mol. The van der Waals surface area contributed by atoms with Crippen LogP contribution in [0.15, 0.2) is 77.9 Å². The Kier molecular flexibility index (Phi) is 7.07. The van der Waals surface area contributed by atoms with Crippen molar-refractivity contribution in [1.82, 2.24) is 14.8 Å². The van der Waals surface area contributed by atoms with Gasteiger partial charge in [-0.25, -0.2) is 0 Å². The van der Waals surface area contributed by atoms with Crippen LogP contribution in [0.5, 0.6) is 5.75 Å². The molecule has 188 valence electrons. The smallest absolute Gasteiger partial charge is 0.281 e. The summed E-state index contributed by atoms with van der Waals surface area (Å²) in [6.07, 6.45) is 3.75. The van der Waals surface area contributed by atoms with Gasteiger partial charge in [0.1, 0.15) is 18.0 Å². The molecule has 2 amide bonds. The van der Waals surface area contributed by atoms with E-state index in [9.17, 15) is 9.59 Å². The van der Waals surface area contributed by atoms with Crippen LogP contribution < -0.4 is 15.0 Å². The number of fused-ring (bicyclic) bond motifs is 1. The number of likely N-dealkylation sites (N-methyl/N-ethyl adjacent to an activating group) is 1. The van der Waals surface area contributed by atoms with Crippen LogP contribution in [-0.2, 0) is 22.7 Å². The summed E-state index contributed by atoms with van der Waals surface area (Å²) in [5.74, 6) is 0.452. The van der Waals surface area contributed by atoms with Crippen LogP contribution in [0.2, 0.25) is 0 Å². The van der Waals surface area contributed by atoms with Crippen molar-refractivity contribution in [2.24, 2.45) is 0 Å². The molecule has 0 atom stereocenters. The van der Waals surface area contributed by atoms with Gasteiger partial charge in [0.05, 0.1) is 18.8 Å². The Hall–Kier alpha value is -3.95. The number of thiophene rings is 1. The Labute approximate surface area is 224 Å². The third-order valence-electron chi connectivity index (χ3n) is 6.13. The number of carbonyl (C=O) groups is 2. The van der Waals surface area contributed by atoms with E-state index >= 15 is 0 Å². The second-order valence-corrected chi connectivity index (χ2v) is 9.92. The molecule has 5 rings (SSSR count). The molecular formula is C28H26N4O3S2. The number of aromatic nitrogens is 1. The maximum absolute atomic E-state index is 13.5. The Balaban J connectivity index is 1.41. The van der Waals surface area contributed by atoms with E-state index in [1.54, 1.807) is 23.3 Å². The Bertz CT molecular complexity index is 1490. The van der Waals surface area contributed by atoms with Gasteiger partial charge in [-0.1, -0.05) is 24.3 Å². The summed E-state index contributed by atoms with van der Waals surface area (Å²) in [6.45, 7) is 3.17. The van der Waals surface area contributed by atoms with E-state index in [2.05, 4.69) is 5.32 Å². The molecule has 3 heterocycles. The standard InChI is InChI=1S/C28H26N4O3S2/c1-3-35-21-12-10-20(11-13-21)32-27(34)25(30(2)28(32)36)15-19-17-31(24-9-5-4-8-23(19)24)18-26(33)29-16-22-7-6-14-37-22/h4-15,17H,3,16,18H2,1-2H3,(H,29,33)/b25-15-. The Morgan fingerprint density at radius 1 is 1.11 bits per heavy atom. The molecule has 1 saturated heterocycles. The minimum absolute atomic E-state index is 0.0785. The van der Waals surface area contributed by atoms with Crippen LogP contribution in [0.25, 0.3) is 17.0 Å². The summed E-state index contributed by atoms with van der Waals surface area (Å²) in [4.78, 5) is 30.5. The van der Waals surface area contributed by atoms with Gasteiger partial charge < -0.3 is 19.5 Å². The van der Waals surface area contributed by atoms with Gasteiger partial charge in [-0.15, -0.1) is 11.3 Å². The highest BCUT2D eigenvalue weighted by atomic mass is 32.1. The number of amides is 2. The lowest BCUT2D eigenvalue weighted by Gasteiger charge is -2.16. The average Bonchev–Trinajstić information content (AvgIpc) is 3.59. The summed E-state index contributed by atoms with van der Waals surface area (Å²) < 4.78 is 7.42. The minimum Gasteiger partial charge on any atom is -0.494 e. The van der Waals surface area contributed by atoms with Crippen molar-refractivity contribution < 1.29 is 14.3 Å². The maximum Gasteiger partial charge on any atom is 0.281 e. The SMILES string of the molecule is CCOc1ccc(N2C(=O)/C(=C/c3cn(CC(=O)NCc4cccs4)c4ccccc34)N(C)C2=S)cc1. The zero-order valence-corrected chi connectivity index (χ0v) is 22.1. The molecule has 37 heavy (non-hydrogen) atoms. The number of anilines is 1. The third kappa shape index (κ3) is 5.00. The van der Waals surface area contributed by atoms with Crippen LogP contribution in [-0.4, -0.2) is 40.0 Å². The number of ether oxygens (including phenoxy) is 1. The van der Waals surface area contributed by atoms with Gasteiger partial charge in [-0.2, -0.15) is 0 Å². The predicted octanol–water partition coefficient (Wildman–Crippen LogP) is 5.02. The number of rotatable bonds is 8. The lowest BCUT2D eigenvalue weighted by Crippen LogP contribution is -2.31. The number of nitrogens with one attached hydrogen (secondary N) is 1. The molecule has 1 fully saturated rings. The molecule has 1 aliphatic heterocycles. The highest BCUT2D eigenvalue weighted by molar-refractivity contribution is 7.80. The Morgan fingerprint density at radius 3 is 2.62 bits per heavy atom. The van der Waals surface area contributed by atoms with Crippen molar-refractivity contribution in [2.45, 2.75) is 20.0 Å². The van der Waals surface area contributed by atoms with Crippen molar-refractivity contribution in [3.63, 3.8) is 0 Å². The highest BCUT2D eigenvalue weighted by Gasteiger charge is 2.37. The highest BCUT2D eigenvalue weighted by Crippen LogP contribution is 2.31. The maximum atomic E-state index is 13.5. The first-order valence-electron chi connectivity index (χ1n) is 11.9. The van der Waals surface area contributed by atoms with Crippen LogP contribution in [0.3, 0.4) is 0 Å². The van der Waals surface area contributed by atoms with Gasteiger partial charge in [0.15, 0.2) is 5.11 Å². The first-order valence-corrected chi connectivity index (χ1v) is 13.2. The molecule has 2 aromatic heterocycles. The van der Waals surface area contributed by atoms with E-state index in [-0.39, 0.29) is 18.4 Å².